The van der Waals surface area contributed by atoms with Gasteiger partial charge in [-0.2, -0.15) is 0 Å². The summed E-state index contributed by atoms with van der Waals surface area (Å²) in [4.78, 5) is 6.70. The summed E-state index contributed by atoms with van der Waals surface area (Å²) in [6.45, 7) is 6.93. The van der Waals surface area contributed by atoms with Gasteiger partial charge in [-0.15, -0.1) is 0 Å². The second-order valence-corrected chi connectivity index (χ2v) is 8.03. The van der Waals surface area contributed by atoms with Gasteiger partial charge in [0.2, 0.25) is 0 Å². The number of rotatable bonds is 11. The van der Waals surface area contributed by atoms with Crippen molar-refractivity contribution in [2.75, 3.05) is 51.3 Å². The summed E-state index contributed by atoms with van der Waals surface area (Å²) in [6.07, 6.45) is 4.64. The molecule has 3 aromatic rings. The van der Waals surface area contributed by atoms with Crippen LogP contribution >= 0.6 is 0 Å². The van der Waals surface area contributed by atoms with Crippen molar-refractivity contribution in [2.24, 2.45) is 0 Å². The Hall–Kier alpha value is -3.13. The number of para-hydroxylation sites is 2. The van der Waals surface area contributed by atoms with Gasteiger partial charge in [0.25, 0.3) is 6.33 Å². The molecule has 170 valence electrons. The first-order valence-corrected chi connectivity index (χ1v) is 11.4. The van der Waals surface area contributed by atoms with Crippen molar-refractivity contribution >= 4 is 5.69 Å². The number of unbranched alkanes of at least 4 members (excludes halogenated alkanes) is 1. The molecule has 1 N–H and O–H groups in total. The van der Waals surface area contributed by atoms with Crippen LogP contribution in [0.2, 0.25) is 0 Å². The summed E-state index contributed by atoms with van der Waals surface area (Å²) in [5.74, 6) is 1.89. The van der Waals surface area contributed by atoms with Gasteiger partial charge in [-0.3, -0.25) is 4.90 Å². The molecule has 1 aromatic heterocycles. The van der Waals surface area contributed by atoms with E-state index in [2.05, 4.69) is 61.6 Å². The minimum absolute atomic E-state index is 0.758. The molecule has 0 bridgehead atoms. The number of piperazine rings is 1. The van der Waals surface area contributed by atoms with Crippen LogP contribution in [-0.2, 0) is 13.0 Å². The molecule has 0 spiro atoms. The van der Waals surface area contributed by atoms with E-state index in [9.17, 15) is 0 Å². The van der Waals surface area contributed by atoms with Gasteiger partial charge in [0.15, 0.2) is 0 Å². The predicted molar refractivity (Wildman–Crippen MR) is 123 cm³/mol. The Labute approximate surface area is 189 Å². The Morgan fingerprint density at radius 2 is 1.81 bits per heavy atom. The maximum absolute atomic E-state index is 5.93. The molecule has 0 unspecified atom stereocenters. The predicted octanol–water partition coefficient (Wildman–Crippen LogP) is 2.32. The zero-order valence-electron chi connectivity index (χ0n) is 18.8. The second kappa shape index (κ2) is 11.5. The van der Waals surface area contributed by atoms with Crippen molar-refractivity contribution in [1.82, 2.24) is 20.3 Å². The highest BCUT2D eigenvalue weighted by Gasteiger charge is 2.19. The van der Waals surface area contributed by atoms with E-state index in [4.69, 9.17) is 9.47 Å². The van der Waals surface area contributed by atoms with E-state index in [0.29, 0.717) is 0 Å². The normalized spacial score (nSPS) is 14.5. The fourth-order valence-electron chi connectivity index (χ4n) is 4.03. The maximum Gasteiger partial charge on any atom is 0.296 e. The Morgan fingerprint density at radius 3 is 2.56 bits per heavy atom. The third kappa shape index (κ3) is 6.20. The van der Waals surface area contributed by atoms with Gasteiger partial charge >= 0.3 is 0 Å². The van der Waals surface area contributed by atoms with Crippen molar-refractivity contribution in [2.45, 2.75) is 25.8 Å². The number of aromatic nitrogens is 4. The number of benzene rings is 2. The highest BCUT2D eigenvalue weighted by molar-refractivity contribution is 5.58. The number of nitrogens with one attached hydrogen (secondary N) is 1. The van der Waals surface area contributed by atoms with Gasteiger partial charge in [-0.1, -0.05) is 29.1 Å². The van der Waals surface area contributed by atoms with Crippen molar-refractivity contribution in [3.63, 3.8) is 0 Å². The molecular weight excluding hydrogens is 404 g/mol. The fourth-order valence-corrected chi connectivity index (χ4v) is 4.03. The van der Waals surface area contributed by atoms with Crippen LogP contribution in [0.25, 0.3) is 0 Å². The molecule has 1 aliphatic rings. The first-order chi connectivity index (χ1) is 15.8. The molecule has 0 radical (unpaired) electrons. The standard InChI is InChI=1S/C24H32N6O2/c1-31-24-7-3-2-6-23(24)29-17-15-28(16-18-29)13-4-5-19-32-22-10-8-21(9-11-22)12-14-30-26-20-25-27-30/h2-3,6-11,20H,4-5,12-19H2,1H3/p+1. The number of methoxy groups -OCH3 is 1. The summed E-state index contributed by atoms with van der Waals surface area (Å²) < 4.78 is 11.4. The minimum Gasteiger partial charge on any atom is -0.495 e. The van der Waals surface area contributed by atoms with Gasteiger partial charge in [-0.05, 0) is 59.5 Å². The first kappa shape index (κ1) is 22.1. The van der Waals surface area contributed by atoms with E-state index in [0.717, 1.165) is 76.6 Å². The van der Waals surface area contributed by atoms with Gasteiger partial charge in [0.05, 0.1) is 24.5 Å². The van der Waals surface area contributed by atoms with Crippen molar-refractivity contribution < 1.29 is 14.3 Å². The van der Waals surface area contributed by atoms with Crippen molar-refractivity contribution in [3.05, 3.63) is 60.4 Å². The lowest BCUT2D eigenvalue weighted by Gasteiger charge is -2.36. The molecule has 0 aliphatic carbocycles. The molecule has 2 aromatic carbocycles. The molecule has 1 fully saturated rings. The largest absolute Gasteiger partial charge is 0.495 e. The van der Waals surface area contributed by atoms with Crippen LogP contribution in [0.4, 0.5) is 5.69 Å². The summed E-state index contributed by atoms with van der Waals surface area (Å²) in [5.41, 5.74) is 2.46. The van der Waals surface area contributed by atoms with Crippen LogP contribution in [0, 0.1) is 0 Å². The molecule has 8 heteroatoms. The number of anilines is 1. The monoisotopic (exact) mass is 437 g/mol. The zero-order valence-corrected chi connectivity index (χ0v) is 18.8. The van der Waals surface area contributed by atoms with Crippen LogP contribution in [-0.4, -0.2) is 66.8 Å². The number of aryl methyl sites for hydroxylation is 2. The Kier molecular flexibility index (Phi) is 7.92. The van der Waals surface area contributed by atoms with Gasteiger partial charge in [0, 0.05) is 32.6 Å². The first-order valence-electron chi connectivity index (χ1n) is 11.4. The van der Waals surface area contributed by atoms with Crippen molar-refractivity contribution in [3.8, 4) is 11.5 Å². The van der Waals surface area contributed by atoms with Crippen LogP contribution in [0.1, 0.15) is 18.4 Å². The molecule has 4 rings (SSSR count). The maximum atomic E-state index is 5.93. The molecule has 1 saturated heterocycles. The molecule has 8 nitrogen and oxygen atoms in total. The Morgan fingerprint density at radius 1 is 1.00 bits per heavy atom. The third-order valence-corrected chi connectivity index (χ3v) is 5.89. The average Bonchev–Trinajstić information content (AvgIpc) is 3.37. The van der Waals surface area contributed by atoms with Gasteiger partial charge < -0.3 is 14.4 Å². The fraction of sp³-hybridized carbons (Fsp3) is 0.458. The van der Waals surface area contributed by atoms with E-state index in [1.54, 1.807) is 11.9 Å². The zero-order chi connectivity index (χ0) is 22.0. The van der Waals surface area contributed by atoms with E-state index in [-0.39, 0.29) is 0 Å². The van der Waals surface area contributed by atoms with Gasteiger partial charge in [0.1, 0.15) is 18.0 Å². The van der Waals surface area contributed by atoms with E-state index in [1.807, 2.05) is 12.1 Å². The highest BCUT2D eigenvalue weighted by Crippen LogP contribution is 2.28. The molecule has 1 aliphatic heterocycles. The molecule has 32 heavy (non-hydrogen) atoms. The number of ether oxygens (including phenoxy) is 2. The van der Waals surface area contributed by atoms with Crippen LogP contribution in [0.5, 0.6) is 11.5 Å². The molecule has 0 saturated carbocycles. The smallest absolute Gasteiger partial charge is 0.296 e. The second-order valence-electron chi connectivity index (χ2n) is 8.03. The Balaban J connectivity index is 1.09. The summed E-state index contributed by atoms with van der Waals surface area (Å²) in [5, 5.41) is 10.7. The number of hydrogen-bond acceptors (Lipinski definition) is 6. The summed E-state index contributed by atoms with van der Waals surface area (Å²) in [7, 11) is 1.74. The summed E-state index contributed by atoms with van der Waals surface area (Å²) in [6, 6.07) is 16.6. The molecule has 0 amide bonds. The van der Waals surface area contributed by atoms with E-state index in [1.165, 1.54) is 17.6 Å². The molecular formula is C24H33N6O2+. The lowest BCUT2D eigenvalue weighted by Crippen LogP contribution is -2.46. The van der Waals surface area contributed by atoms with Gasteiger partial charge in [-0.25, -0.2) is 0 Å². The van der Waals surface area contributed by atoms with Crippen molar-refractivity contribution in [1.29, 1.82) is 0 Å². The van der Waals surface area contributed by atoms with E-state index < -0.39 is 0 Å². The Bertz CT molecular complexity index is 924. The lowest BCUT2D eigenvalue weighted by molar-refractivity contribution is -0.804. The number of nitrogens with zero attached hydrogens (tertiary/aromatic N) is 5. The van der Waals surface area contributed by atoms with Crippen LogP contribution < -0.4 is 19.2 Å². The number of H-pyrrole nitrogens is 1. The van der Waals surface area contributed by atoms with E-state index >= 15 is 0 Å². The van der Waals surface area contributed by atoms with Crippen LogP contribution in [0.15, 0.2) is 54.9 Å². The topological polar surface area (TPSA) is 70.4 Å². The number of tetrazole rings is 1. The SMILES string of the molecule is COc1ccccc1N1CCN(CCCCOc2ccc(CC[n+]3ncn[nH]3)cc2)CC1. The quantitative estimate of drug-likeness (QED) is 0.367. The number of hydrogen-bond donors (Lipinski definition) is 1. The molecule has 0 atom stereocenters. The number of aromatic amines is 1. The molecule has 2 heterocycles. The third-order valence-electron chi connectivity index (χ3n) is 5.89. The average molecular weight is 438 g/mol. The summed E-state index contributed by atoms with van der Waals surface area (Å²) >= 11 is 0. The lowest BCUT2D eigenvalue weighted by atomic mass is 10.1. The minimum atomic E-state index is 0.758. The van der Waals surface area contributed by atoms with Crippen LogP contribution in [0.3, 0.4) is 0 Å². The highest BCUT2D eigenvalue weighted by atomic mass is 16.5.